The molecule has 0 radical (unpaired) electrons. The number of nitrogens with one attached hydrogen (secondary N) is 1. The van der Waals surface area contributed by atoms with Crippen molar-refractivity contribution < 1.29 is 14.9 Å². The molecule has 0 amide bonds. The lowest BCUT2D eigenvalue weighted by molar-refractivity contribution is -0.0166. The normalized spacial score (nSPS) is 24.5. The summed E-state index contributed by atoms with van der Waals surface area (Å²) in [5.74, 6) is 0.716. The highest BCUT2D eigenvalue weighted by molar-refractivity contribution is 5.78. The number of benzene rings is 1. The molecule has 1 aliphatic carbocycles. The Kier molecular flexibility index (Phi) is 5.09. The molecular formula is C24H27N7O3. The van der Waals surface area contributed by atoms with Crippen molar-refractivity contribution in [1.29, 1.82) is 0 Å². The molecule has 10 nitrogen and oxygen atoms in total. The number of nitrogens with zero attached hydrogens (tertiary/aromatic N) is 6. The number of hydrogen-bond donors (Lipinski definition) is 3. The fourth-order valence-corrected chi connectivity index (χ4v) is 5.26. The molecule has 1 aliphatic heterocycles. The van der Waals surface area contributed by atoms with Crippen molar-refractivity contribution in [2.24, 2.45) is 7.05 Å². The first kappa shape index (κ1) is 21.2. The first-order chi connectivity index (χ1) is 16.5. The predicted molar refractivity (Wildman–Crippen MR) is 124 cm³/mol. The van der Waals surface area contributed by atoms with Gasteiger partial charge in [-0.3, -0.25) is 0 Å². The summed E-state index contributed by atoms with van der Waals surface area (Å²) >= 11 is 0. The molecule has 6 rings (SSSR count). The van der Waals surface area contributed by atoms with Crippen LogP contribution in [-0.2, 0) is 20.0 Å². The van der Waals surface area contributed by atoms with Crippen molar-refractivity contribution in [3.8, 4) is 17.0 Å². The zero-order valence-electron chi connectivity index (χ0n) is 19.1. The van der Waals surface area contributed by atoms with Crippen LogP contribution in [0.25, 0.3) is 22.3 Å². The van der Waals surface area contributed by atoms with Crippen LogP contribution in [0.2, 0.25) is 0 Å². The first-order valence-corrected chi connectivity index (χ1v) is 11.5. The molecule has 1 fully saturated rings. The Morgan fingerprint density at radius 1 is 1.18 bits per heavy atom. The number of aromatic nitrogens is 6. The van der Waals surface area contributed by atoms with Crippen LogP contribution in [-0.4, -0.2) is 64.6 Å². The third-order valence-corrected chi connectivity index (χ3v) is 7.13. The zero-order chi connectivity index (χ0) is 23.4. The molecule has 1 aromatic carbocycles. The minimum atomic E-state index is -1.03. The Labute approximate surface area is 196 Å². The first-order valence-electron chi connectivity index (χ1n) is 11.5. The smallest absolute Gasteiger partial charge is 0.143 e. The standard InChI is InChI=1S/C24H27N7O3/c1-13-16-4-6-31(24(16)27-12-26-13)18-9-21(23(33)22(18)32)34-20-8-15(19-11-28-29-30(19)2)7-14-3-5-25-10-17(14)20/h4,6-8,11-12,18,21-23,25,32-33H,3,5,9-10H2,1-2H3. The number of rotatable bonds is 4. The average Bonchev–Trinajstić information content (AvgIpc) is 3.53. The fourth-order valence-electron chi connectivity index (χ4n) is 5.26. The van der Waals surface area contributed by atoms with Gasteiger partial charge in [0.15, 0.2) is 0 Å². The molecule has 4 atom stereocenters. The van der Waals surface area contributed by atoms with Gasteiger partial charge in [0.1, 0.15) is 36.0 Å². The summed E-state index contributed by atoms with van der Waals surface area (Å²) in [4.78, 5) is 8.67. The average molecular weight is 462 g/mol. The number of aryl methyl sites for hydroxylation is 2. The van der Waals surface area contributed by atoms with Crippen molar-refractivity contribution in [1.82, 2.24) is 34.8 Å². The molecule has 3 N–H and O–H groups in total. The van der Waals surface area contributed by atoms with Crippen LogP contribution in [0, 0.1) is 6.92 Å². The van der Waals surface area contributed by atoms with E-state index in [0.717, 1.165) is 46.5 Å². The molecule has 4 heterocycles. The molecular weight excluding hydrogens is 434 g/mol. The summed E-state index contributed by atoms with van der Waals surface area (Å²) in [6, 6.07) is 5.74. The monoisotopic (exact) mass is 461 g/mol. The second kappa shape index (κ2) is 8.15. The Morgan fingerprint density at radius 2 is 2.06 bits per heavy atom. The number of fused-ring (bicyclic) bond motifs is 2. The van der Waals surface area contributed by atoms with Gasteiger partial charge >= 0.3 is 0 Å². The van der Waals surface area contributed by atoms with E-state index in [2.05, 4.69) is 31.7 Å². The van der Waals surface area contributed by atoms with Gasteiger partial charge in [-0.15, -0.1) is 5.10 Å². The summed E-state index contributed by atoms with van der Waals surface area (Å²) in [5, 5.41) is 34.3. The van der Waals surface area contributed by atoms with E-state index in [1.165, 1.54) is 11.9 Å². The number of ether oxygens (including phenoxy) is 1. The van der Waals surface area contributed by atoms with Gasteiger partial charge in [0, 0.05) is 42.7 Å². The molecule has 34 heavy (non-hydrogen) atoms. The van der Waals surface area contributed by atoms with Gasteiger partial charge in [-0.1, -0.05) is 5.21 Å². The van der Waals surface area contributed by atoms with Crippen LogP contribution in [0.4, 0.5) is 0 Å². The van der Waals surface area contributed by atoms with Crippen LogP contribution in [0.15, 0.2) is 36.9 Å². The number of hydrogen-bond acceptors (Lipinski definition) is 8. The molecule has 4 aromatic rings. The summed E-state index contributed by atoms with van der Waals surface area (Å²) in [7, 11) is 1.86. The maximum atomic E-state index is 11.0. The van der Waals surface area contributed by atoms with Gasteiger partial charge in [-0.05, 0) is 43.7 Å². The van der Waals surface area contributed by atoms with Gasteiger partial charge in [0.25, 0.3) is 0 Å². The summed E-state index contributed by atoms with van der Waals surface area (Å²) in [5.41, 5.74) is 5.79. The van der Waals surface area contributed by atoms with E-state index in [9.17, 15) is 10.2 Å². The van der Waals surface area contributed by atoms with Gasteiger partial charge in [0.2, 0.25) is 0 Å². The summed E-state index contributed by atoms with van der Waals surface area (Å²) in [6.45, 7) is 3.53. The highest BCUT2D eigenvalue weighted by Crippen LogP contribution is 2.39. The van der Waals surface area contributed by atoms with E-state index < -0.39 is 18.3 Å². The van der Waals surface area contributed by atoms with Crippen LogP contribution in [0.1, 0.15) is 29.3 Å². The molecule has 0 saturated heterocycles. The maximum Gasteiger partial charge on any atom is 0.143 e. The summed E-state index contributed by atoms with van der Waals surface area (Å²) in [6.07, 6.45) is 3.93. The molecule has 0 spiro atoms. The van der Waals surface area contributed by atoms with Crippen molar-refractivity contribution in [3.63, 3.8) is 0 Å². The second-order valence-corrected chi connectivity index (χ2v) is 9.14. The van der Waals surface area contributed by atoms with Crippen molar-refractivity contribution in [2.45, 2.75) is 50.7 Å². The third kappa shape index (κ3) is 3.37. The Morgan fingerprint density at radius 3 is 2.88 bits per heavy atom. The van der Waals surface area contributed by atoms with Crippen LogP contribution in [0.5, 0.6) is 5.75 Å². The van der Waals surface area contributed by atoms with E-state index in [1.54, 1.807) is 10.9 Å². The van der Waals surface area contributed by atoms with Crippen LogP contribution < -0.4 is 10.1 Å². The molecule has 176 valence electrons. The minimum absolute atomic E-state index is 0.356. The SMILES string of the molecule is Cc1ncnc2c1ccn2C1CC(Oc2cc(-c3cnnn3C)cc3c2CNCC3)C(O)C1O. The molecule has 2 aliphatic rings. The van der Waals surface area contributed by atoms with Gasteiger partial charge in [-0.25, -0.2) is 14.6 Å². The van der Waals surface area contributed by atoms with Crippen LogP contribution >= 0.6 is 0 Å². The van der Waals surface area contributed by atoms with Crippen molar-refractivity contribution >= 4 is 11.0 Å². The maximum absolute atomic E-state index is 11.0. The Bertz CT molecular complexity index is 1360. The highest BCUT2D eigenvalue weighted by atomic mass is 16.5. The van der Waals surface area contributed by atoms with Crippen LogP contribution in [0.3, 0.4) is 0 Å². The Hall–Kier alpha value is -3.34. The van der Waals surface area contributed by atoms with Gasteiger partial charge in [-0.2, -0.15) is 0 Å². The van der Waals surface area contributed by atoms with Gasteiger partial charge < -0.3 is 24.8 Å². The molecule has 10 heteroatoms. The number of aliphatic hydroxyl groups is 2. The lowest BCUT2D eigenvalue weighted by atomic mass is 9.96. The topological polar surface area (TPSA) is 123 Å². The van der Waals surface area contributed by atoms with Crippen molar-refractivity contribution in [3.05, 3.63) is 53.7 Å². The van der Waals surface area contributed by atoms with E-state index >= 15 is 0 Å². The molecule has 0 bridgehead atoms. The van der Waals surface area contributed by atoms with Gasteiger partial charge in [0.05, 0.1) is 23.6 Å². The zero-order valence-corrected chi connectivity index (χ0v) is 19.1. The quantitative estimate of drug-likeness (QED) is 0.416. The second-order valence-electron chi connectivity index (χ2n) is 9.14. The van der Waals surface area contributed by atoms with E-state index in [1.807, 2.05) is 36.9 Å². The summed E-state index contributed by atoms with van der Waals surface area (Å²) < 4.78 is 10.1. The number of aliphatic hydroxyl groups excluding tert-OH is 2. The largest absolute Gasteiger partial charge is 0.487 e. The molecule has 4 unspecified atom stereocenters. The lowest BCUT2D eigenvalue weighted by Crippen LogP contribution is -2.35. The molecule has 1 saturated carbocycles. The lowest BCUT2D eigenvalue weighted by Gasteiger charge is -2.25. The fraction of sp³-hybridized carbons (Fsp3) is 0.417. The highest BCUT2D eigenvalue weighted by Gasteiger charge is 2.44. The van der Waals surface area contributed by atoms with E-state index in [0.29, 0.717) is 18.7 Å². The third-order valence-electron chi connectivity index (χ3n) is 7.13. The van der Waals surface area contributed by atoms with E-state index in [-0.39, 0.29) is 6.04 Å². The molecule has 3 aromatic heterocycles. The van der Waals surface area contributed by atoms with Crippen molar-refractivity contribution in [2.75, 3.05) is 6.54 Å². The Balaban J connectivity index is 1.34. The minimum Gasteiger partial charge on any atom is -0.487 e. The van der Waals surface area contributed by atoms with E-state index in [4.69, 9.17) is 4.74 Å². The predicted octanol–water partition coefficient (Wildman–Crippen LogP) is 1.30.